The largest absolute Gasteiger partial charge is 0.494 e. The highest BCUT2D eigenvalue weighted by molar-refractivity contribution is 5.66. The van der Waals surface area contributed by atoms with Crippen molar-refractivity contribution in [1.29, 1.82) is 0 Å². The Hall–Kier alpha value is -1.65. The van der Waals surface area contributed by atoms with Crippen LogP contribution in [-0.4, -0.2) is 25.9 Å². The Kier molecular flexibility index (Phi) is 4.69. The van der Waals surface area contributed by atoms with Crippen LogP contribution in [0.5, 0.6) is 11.8 Å². The van der Waals surface area contributed by atoms with Gasteiger partial charge in [0, 0.05) is 25.1 Å². The van der Waals surface area contributed by atoms with Crippen LogP contribution in [0.25, 0.3) is 0 Å². The van der Waals surface area contributed by atoms with Crippen LogP contribution in [0.3, 0.4) is 0 Å². The second-order valence-corrected chi connectivity index (χ2v) is 3.76. The van der Waals surface area contributed by atoms with Gasteiger partial charge in [-0.1, -0.05) is 12.8 Å². The average molecular weight is 227 g/mol. The molecule has 0 saturated carbocycles. The maximum absolute atomic E-state index is 10.2. The number of carboxylic acid groups (broad SMARTS) is 1. The molecule has 0 atom stereocenters. The number of aromatic hydroxyl groups is 2. The molecule has 0 amide bonds. The standard InChI is InChI=1S/C11H17NO4/c13-9-6-7-10(14)12(9)8-4-2-1-3-5-11(15)16/h6-7,13-14H,1-5,8H2,(H,15,16). The van der Waals surface area contributed by atoms with Gasteiger partial charge in [-0.3, -0.25) is 9.36 Å². The summed E-state index contributed by atoms with van der Waals surface area (Å²) in [6.07, 6.45) is 3.45. The lowest BCUT2D eigenvalue weighted by Crippen LogP contribution is -1.97. The van der Waals surface area contributed by atoms with Gasteiger partial charge < -0.3 is 15.3 Å². The van der Waals surface area contributed by atoms with E-state index in [0.29, 0.717) is 13.0 Å². The molecule has 0 fully saturated rings. The van der Waals surface area contributed by atoms with Crippen LogP contribution < -0.4 is 0 Å². The van der Waals surface area contributed by atoms with Crippen LogP contribution in [0.1, 0.15) is 32.1 Å². The first-order valence-electron chi connectivity index (χ1n) is 5.40. The van der Waals surface area contributed by atoms with E-state index in [2.05, 4.69) is 0 Å². The van der Waals surface area contributed by atoms with Gasteiger partial charge in [-0.2, -0.15) is 0 Å². The van der Waals surface area contributed by atoms with Crippen LogP contribution in [0.2, 0.25) is 0 Å². The van der Waals surface area contributed by atoms with E-state index in [1.807, 2.05) is 0 Å². The molecule has 0 bridgehead atoms. The molecule has 16 heavy (non-hydrogen) atoms. The van der Waals surface area contributed by atoms with Crippen molar-refractivity contribution in [3.8, 4) is 11.8 Å². The Morgan fingerprint density at radius 3 is 2.19 bits per heavy atom. The number of aliphatic carboxylic acids is 1. The zero-order valence-electron chi connectivity index (χ0n) is 9.09. The Morgan fingerprint density at radius 2 is 1.62 bits per heavy atom. The van der Waals surface area contributed by atoms with Gasteiger partial charge in [0.15, 0.2) is 11.8 Å². The summed E-state index contributed by atoms with van der Waals surface area (Å²) in [7, 11) is 0. The molecule has 1 aromatic heterocycles. The summed E-state index contributed by atoms with van der Waals surface area (Å²) in [5.41, 5.74) is 0. The molecule has 0 aliphatic carbocycles. The minimum absolute atomic E-state index is 0.0584. The first kappa shape index (κ1) is 12.4. The topological polar surface area (TPSA) is 82.7 Å². The van der Waals surface area contributed by atoms with Crippen molar-refractivity contribution in [1.82, 2.24) is 4.57 Å². The highest BCUT2D eigenvalue weighted by Gasteiger charge is 2.04. The van der Waals surface area contributed by atoms with Crippen molar-refractivity contribution >= 4 is 5.97 Å². The van der Waals surface area contributed by atoms with E-state index in [-0.39, 0.29) is 18.2 Å². The third-order valence-electron chi connectivity index (χ3n) is 2.46. The van der Waals surface area contributed by atoms with E-state index in [1.54, 1.807) is 0 Å². The Morgan fingerprint density at radius 1 is 1.06 bits per heavy atom. The molecule has 1 aromatic rings. The molecule has 3 N–H and O–H groups in total. The fourth-order valence-corrected chi connectivity index (χ4v) is 1.58. The molecule has 0 aliphatic rings. The molecule has 0 radical (unpaired) electrons. The smallest absolute Gasteiger partial charge is 0.303 e. The third-order valence-corrected chi connectivity index (χ3v) is 2.46. The minimum Gasteiger partial charge on any atom is -0.494 e. The summed E-state index contributed by atoms with van der Waals surface area (Å²) in [6, 6.07) is 2.89. The number of carbonyl (C=O) groups is 1. The normalized spacial score (nSPS) is 10.5. The maximum atomic E-state index is 10.2. The second-order valence-electron chi connectivity index (χ2n) is 3.76. The zero-order valence-corrected chi connectivity index (χ0v) is 9.09. The zero-order chi connectivity index (χ0) is 12.0. The predicted octanol–water partition coefficient (Wildman–Crippen LogP) is 1.93. The van der Waals surface area contributed by atoms with Crippen molar-refractivity contribution in [3.63, 3.8) is 0 Å². The van der Waals surface area contributed by atoms with Gasteiger partial charge in [0.25, 0.3) is 0 Å². The van der Waals surface area contributed by atoms with E-state index in [9.17, 15) is 15.0 Å². The summed E-state index contributed by atoms with van der Waals surface area (Å²) in [6.45, 7) is 0.553. The molecular weight excluding hydrogens is 210 g/mol. The van der Waals surface area contributed by atoms with Crippen molar-refractivity contribution in [2.24, 2.45) is 0 Å². The van der Waals surface area contributed by atoms with Crippen LogP contribution in [0.15, 0.2) is 12.1 Å². The predicted molar refractivity (Wildman–Crippen MR) is 58.5 cm³/mol. The van der Waals surface area contributed by atoms with Gasteiger partial charge in [0.1, 0.15) is 0 Å². The van der Waals surface area contributed by atoms with Crippen molar-refractivity contribution in [2.45, 2.75) is 38.6 Å². The maximum Gasteiger partial charge on any atom is 0.303 e. The number of rotatable bonds is 7. The number of carboxylic acids is 1. The molecule has 5 nitrogen and oxygen atoms in total. The van der Waals surface area contributed by atoms with Gasteiger partial charge in [0.05, 0.1) is 0 Å². The molecular formula is C11H17NO4. The van der Waals surface area contributed by atoms with Gasteiger partial charge in [0.2, 0.25) is 0 Å². The monoisotopic (exact) mass is 227 g/mol. The Balaban J connectivity index is 2.14. The van der Waals surface area contributed by atoms with E-state index in [4.69, 9.17) is 5.11 Å². The molecule has 0 aliphatic heterocycles. The summed E-state index contributed by atoms with van der Waals surface area (Å²) in [5.74, 6) is -0.647. The lowest BCUT2D eigenvalue weighted by atomic mass is 10.1. The molecule has 0 saturated heterocycles. The van der Waals surface area contributed by atoms with Gasteiger partial charge >= 0.3 is 5.97 Å². The third kappa shape index (κ3) is 3.84. The van der Waals surface area contributed by atoms with Gasteiger partial charge in [-0.25, -0.2) is 0 Å². The molecule has 0 spiro atoms. The highest BCUT2D eigenvalue weighted by Crippen LogP contribution is 2.21. The van der Waals surface area contributed by atoms with Crippen molar-refractivity contribution in [2.75, 3.05) is 0 Å². The van der Waals surface area contributed by atoms with Crippen LogP contribution in [-0.2, 0) is 11.3 Å². The van der Waals surface area contributed by atoms with Crippen LogP contribution in [0.4, 0.5) is 0 Å². The number of aromatic nitrogens is 1. The number of hydrogen-bond acceptors (Lipinski definition) is 3. The van der Waals surface area contributed by atoms with Crippen LogP contribution in [0, 0.1) is 0 Å². The molecule has 0 aromatic carbocycles. The molecule has 5 heteroatoms. The summed E-state index contributed by atoms with van der Waals surface area (Å²) in [4.78, 5) is 10.2. The highest BCUT2D eigenvalue weighted by atomic mass is 16.4. The lowest BCUT2D eigenvalue weighted by molar-refractivity contribution is -0.137. The first-order chi connectivity index (χ1) is 7.61. The van der Waals surface area contributed by atoms with Gasteiger partial charge in [-0.15, -0.1) is 0 Å². The number of nitrogens with zero attached hydrogens (tertiary/aromatic N) is 1. The van der Waals surface area contributed by atoms with Crippen molar-refractivity contribution < 1.29 is 20.1 Å². The summed E-state index contributed by atoms with van der Waals surface area (Å²) < 4.78 is 1.43. The SMILES string of the molecule is O=C(O)CCCCCCn1c(O)ccc1O. The van der Waals surface area contributed by atoms with Crippen LogP contribution >= 0.6 is 0 Å². The number of hydrogen-bond donors (Lipinski definition) is 3. The Bertz CT molecular complexity index is 326. The molecule has 0 unspecified atom stereocenters. The average Bonchev–Trinajstić information content (AvgIpc) is 2.53. The van der Waals surface area contributed by atoms with E-state index < -0.39 is 5.97 Å². The minimum atomic E-state index is -0.763. The Labute approximate surface area is 93.9 Å². The summed E-state index contributed by atoms with van der Waals surface area (Å²) in [5, 5.41) is 27.1. The molecule has 1 heterocycles. The lowest BCUT2D eigenvalue weighted by Gasteiger charge is -2.06. The van der Waals surface area contributed by atoms with Crippen molar-refractivity contribution in [3.05, 3.63) is 12.1 Å². The van der Waals surface area contributed by atoms with E-state index >= 15 is 0 Å². The second kappa shape index (κ2) is 6.05. The van der Waals surface area contributed by atoms with E-state index in [1.165, 1.54) is 16.7 Å². The first-order valence-corrected chi connectivity index (χ1v) is 5.40. The fourth-order valence-electron chi connectivity index (χ4n) is 1.58. The fraction of sp³-hybridized carbons (Fsp3) is 0.545. The summed E-state index contributed by atoms with van der Waals surface area (Å²) >= 11 is 0. The quantitative estimate of drug-likeness (QED) is 0.621. The van der Waals surface area contributed by atoms with Gasteiger partial charge in [-0.05, 0) is 12.8 Å². The van der Waals surface area contributed by atoms with E-state index in [0.717, 1.165) is 19.3 Å². The number of unbranched alkanes of at least 4 members (excludes halogenated alkanes) is 3. The molecule has 90 valence electrons. The molecule has 1 rings (SSSR count).